The van der Waals surface area contributed by atoms with Crippen molar-refractivity contribution >= 4 is 21.6 Å². The van der Waals surface area contributed by atoms with Crippen LogP contribution in [0.5, 0.6) is 5.75 Å². The molecule has 0 N–H and O–H groups in total. The van der Waals surface area contributed by atoms with E-state index in [1.165, 1.54) is 0 Å². The zero-order valence-electron chi connectivity index (χ0n) is 16.0. The topological polar surface area (TPSA) is 47.9 Å². The molecule has 2 aromatic carbocycles. The average Bonchev–Trinajstić information content (AvgIpc) is 3.17. The summed E-state index contributed by atoms with van der Waals surface area (Å²) in [6.45, 7) is 2.05. The highest BCUT2D eigenvalue weighted by atomic mass is 32.1. The molecular formula is C21H14F5N3OS. The number of alkyl halides is 2. The van der Waals surface area contributed by atoms with Crippen LogP contribution in [0.15, 0.2) is 42.7 Å². The summed E-state index contributed by atoms with van der Waals surface area (Å²) in [5.74, 6) is -5.46. The molecule has 2 aromatic heterocycles. The van der Waals surface area contributed by atoms with Crippen molar-refractivity contribution in [2.75, 3.05) is 0 Å². The maximum absolute atomic E-state index is 14.5. The lowest BCUT2D eigenvalue weighted by Crippen LogP contribution is -2.21. The standard InChI is InChI=1S/C21H14F5N3OS/c1-2-3-11-9-27-19(28-10-11)12-4-5-16-17(6-12)31-20(29-16)21(25,26)30-13-7-14(22)18(24)15(23)8-13/h4-10H,2-3H2,1H3. The van der Waals surface area contributed by atoms with Crippen LogP contribution in [0, 0.1) is 17.5 Å². The molecule has 2 heterocycles. The van der Waals surface area contributed by atoms with Gasteiger partial charge in [-0.1, -0.05) is 13.3 Å². The van der Waals surface area contributed by atoms with Gasteiger partial charge in [0.05, 0.1) is 10.2 Å². The quantitative estimate of drug-likeness (QED) is 0.257. The summed E-state index contributed by atoms with van der Waals surface area (Å²) in [5.41, 5.74) is 1.90. The van der Waals surface area contributed by atoms with Gasteiger partial charge in [-0.2, -0.15) is 8.78 Å². The number of benzene rings is 2. The van der Waals surface area contributed by atoms with Crippen molar-refractivity contribution in [1.29, 1.82) is 0 Å². The van der Waals surface area contributed by atoms with Crippen LogP contribution in [-0.2, 0) is 12.5 Å². The molecule has 0 aliphatic carbocycles. The Balaban J connectivity index is 1.62. The van der Waals surface area contributed by atoms with E-state index in [0.717, 1.165) is 18.4 Å². The highest BCUT2D eigenvalue weighted by Gasteiger charge is 2.39. The molecule has 4 nitrogen and oxygen atoms in total. The molecule has 0 atom stereocenters. The molecule has 10 heteroatoms. The van der Waals surface area contributed by atoms with Gasteiger partial charge in [0.1, 0.15) is 5.75 Å². The molecule has 0 spiro atoms. The molecule has 0 amide bonds. The summed E-state index contributed by atoms with van der Waals surface area (Å²) in [4.78, 5) is 12.5. The third-order valence-corrected chi connectivity index (χ3v) is 5.41. The number of hydrogen-bond acceptors (Lipinski definition) is 5. The fraction of sp³-hybridized carbons (Fsp3) is 0.190. The minimum absolute atomic E-state index is 0.283. The van der Waals surface area contributed by atoms with Crippen molar-refractivity contribution < 1.29 is 26.7 Å². The second-order valence-corrected chi connectivity index (χ2v) is 7.72. The lowest BCUT2D eigenvalue weighted by molar-refractivity contribution is -0.185. The van der Waals surface area contributed by atoms with Crippen molar-refractivity contribution in [3.63, 3.8) is 0 Å². The Hall–Kier alpha value is -3.14. The summed E-state index contributed by atoms with van der Waals surface area (Å²) in [5, 5.41) is -0.719. The number of thiazole rings is 1. The Morgan fingerprint density at radius 2 is 1.68 bits per heavy atom. The maximum Gasteiger partial charge on any atom is 0.454 e. The Kier molecular flexibility index (Phi) is 5.57. The minimum Gasteiger partial charge on any atom is -0.427 e. The number of halogens is 5. The number of fused-ring (bicyclic) bond motifs is 1. The second-order valence-electron chi connectivity index (χ2n) is 6.69. The highest BCUT2D eigenvalue weighted by molar-refractivity contribution is 7.18. The van der Waals surface area contributed by atoms with E-state index in [-0.39, 0.29) is 5.52 Å². The normalized spacial score (nSPS) is 11.8. The molecule has 4 rings (SSSR count). The first kappa shape index (κ1) is 21.1. The molecule has 0 radical (unpaired) electrons. The number of aryl methyl sites for hydroxylation is 1. The molecular weight excluding hydrogens is 437 g/mol. The third kappa shape index (κ3) is 4.34. The van der Waals surface area contributed by atoms with Gasteiger partial charge in [-0.25, -0.2) is 28.1 Å². The number of ether oxygens (including phenoxy) is 1. The monoisotopic (exact) mass is 451 g/mol. The minimum atomic E-state index is -3.99. The predicted octanol–water partition coefficient (Wildman–Crippen LogP) is 6.25. The van der Waals surface area contributed by atoms with E-state index in [1.807, 2.05) is 6.92 Å². The van der Waals surface area contributed by atoms with Crippen molar-refractivity contribution in [2.45, 2.75) is 25.9 Å². The Morgan fingerprint density at radius 3 is 2.32 bits per heavy atom. The first-order valence-corrected chi connectivity index (χ1v) is 10.0. The smallest absolute Gasteiger partial charge is 0.427 e. The van der Waals surface area contributed by atoms with Crippen LogP contribution in [0.2, 0.25) is 0 Å². The molecule has 0 unspecified atom stereocenters. The van der Waals surface area contributed by atoms with Crippen LogP contribution in [0.25, 0.3) is 21.6 Å². The van der Waals surface area contributed by atoms with Gasteiger partial charge in [0, 0.05) is 30.1 Å². The highest BCUT2D eigenvalue weighted by Crippen LogP contribution is 2.38. The fourth-order valence-corrected chi connectivity index (χ4v) is 3.81. The van der Waals surface area contributed by atoms with Gasteiger partial charge >= 0.3 is 6.11 Å². The van der Waals surface area contributed by atoms with Crippen molar-refractivity contribution in [1.82, 2.24) is 15.0 Å². The molecule has 4 aromatic rings. The van der Waals surface area contributed by atoms with Gasteiger partial charge in [0.15, 0.2) is 23.3 Å². The molecule has 0 aliphatic heterocycles. The molecule has 0 fully saturated rings. The van der Waals surface area contributed by atoms with Crippen molar-refractivity contribution in [2.24, 2.45) is 0 Å². The van der Waals surface area contributed by atoms with Gasteiger partial charge in [0.25, 0.3) is 0 Å². The zero-order valence-corrected chi connectivity index (χ0v) is 16.8. The lowest BCUT2D eigenvalue weighted by atomic mass is 10.2. The molecule has 0 aliphatic rings. The lowest BCUT2D eigenvalue weighted by Gasteiger charge is -2.15. The predicted molar refractivity (Wildman–Crippen MR) is 105 cm³/mol. The largest absolute Gasteiger partial charge is 0.454 e. The first-order valence-electron chi connectivity index (χ1n) is 9.20. The first-order chi connectivity index (χ1) is 14.8. The van der Waals surface area contributed by atoms with Crippen LogP contribution in [0.3, 0.4) is 0 Å². The molecule has 0 saturated carbocycles. The van der Waals surface area contributed by atoms with E-state index >= 15 is 0 Å². The number of rotatable bonds is 6. The van der Waals surface area contributed by atoms with E-state index < -0.39 is 34.3 Å². The summed E-state index contributed by atoms with van der Waals surface area (Å²) in [6.07, 6.45) is 1.27. The van der Waals surface area contributed by atoms with Crippen LogP contribution in [0.4, 0.5) is 22.0 Å². The molecule has 0 saturated heterocycles. The van der Waals surface area contributed by atoms with Crippen LogP contribution in [-0.4, -0.2) is 15.0 Å². The van der Waals surface area contributed by atoms with Crippen molar-refractivity contribution in [3.05, 3.63) is 70.7 Å². The van der Waals surface area contributed by atoms with Gasteiger partial charge < -0.3 is 4.74 Å². The Labute approximate surface area is 177 Å². The van der Waals surface area contributed by atoms with Gasteiger partial charge in [-0.3, -0.25) is 0 Å². The summed E-state index contributed by atoms with van der Waals surface area (Å²) < 4.78 is 73.6. The molecule has 0 bridgehead atoms. The zero-order chi connectivity index (χ0) is 22.2. The van der Waals surface area contributed by atoms with E-state index in [0.29, 0.717) is 39.6 Å². The Morgan fingerprint density at radius 1 is 1.00 bits per heavy atom. The number of hydrogen-bond donors (Lipinski definition) is 0. The van der Waals surface area contributed by atoms with E-state index in [1.54, 1.807) is 30.6 Å². The number of nitrogens with zero attached hydrogens (tertiary/aromatic N) is 3. The average molecular weight is 451 g/mol. The maximum atomic E-state index is 14.5. The Bertz CT molecular complexity index is 1220. The fourth-order valence-electron chi connectivity index (χ4n) is 2.89. The van der Waals surface area contributed by atoms with Gasteiger partial charge in [-0.05, 0) is 30.2 Å². The SMILES string of the molecule is CCCc1cnc(-c2ccc3nc(C(F)(F)Oc4cc(F)c(F)c(F)c4)sc3c2)nc1. The van der Waals surface area contributed by atoms with Crippen LogP contribution >= 0.6 is 11.3 Å². The molecule has 160 valence electrons. The third-order valence-electron chi connectivity index (χ3n) is 4.34. The van der Waals surface area contributed by atoms with Crippen LogP contribution in [0.1, 0.15) is 23.9 Å². The van der Waals surface area contributed by atoms with E-state index in [4.69, 9.17) is 0 Å². The number of aromatic nitrogens is 3. The summed E-state index contributed by atoms with van der Waals surface area (Å²) >= 11 is 0.652. The van der Waals surface area contributed by atoms with Gasteiger partial charge in [0.2, 0.25) is 5.01 Å². The summed E-state index contributed by atoms with van der Waals surface area (Å²) in [6, 6.07) is 5.51. The molecule has 31 heavy (non-hydrogen) atoms. The van der Waals surface area contributed by atoms with Gasteiger partial charge in [-0.15, -0.1) is 11.3 Å². The second kappa shape index (κ2) is 8.18. The van der Waals surface area contributed by atoms with Crippen molar-refractivity contribution in [3.8, 4) is 17.1 Å². The van der Waals surface area contributed by atoms with Crippen LogP contribution < -0.4 is 4.74 Å². The summed E-state index contributed by atoms with van der Waals surface area (Å²) in [7, 11) is 0. The van der Waals surface area contributed by atoms with E-state index in [9.17, 15) is 22.0 Å². The van der Waals surface area contributed by atoms with E-state index in [2.05, 4.69) is 19.7 Å².